The highest BCUT2D eigenvalue weighted by Gasteiger charge is 2.18. The van der Waals surface area contributed by atoms with Gasteiger partial charge >= 0.3 is 0 Å². The van der Waals surface area contributed by atoms with Gasteiger partial charge in [-0.25, -0.2) is 0 Å². The number of nitrogens with zero attached hydrogens (tertiary/aromatic N) is 2. The van der Waals surface area contributed by atoms with Gasteiger partial charge in [-0.05, 0) is 39.2 Å². The van der Waals surface area contributed by atoms with E-state index in [1.165, 1.54) is 19.4 Å². The third kappa shape index (κ3) is 7.53. The first-order valence-electron chi connectivity index (χ1n) is 7.71. The number of piperazine rings is 1. The van der Waals surface area contributed by atoms with E-state index in [0.29, 0.717) is 6.54 Å². The first-order chi connectivity index (χ1) is 8.97. The Hall–Kier alpha value is -0.610. The van der Waals surface area contributed by atoms with Crippen LogP contribution in [-0.2, 0) is 4.79 Å². The van der Waals surface area contributed by atoms with Crippen molar-refractivity contribution in [1.29, 1.82) is 0 Å². The largest absolute Gasteiger partial charge is 0.353 e. The van der Waals surface area contributed by atoms with Crippen LogP contribution in [0.5, 0.6) is 0 Å². The van der Waals surface area contributed by atoms with Crippen molar-refractivity contribution in [1.82, 2.24) is 15.1 Å². The number of carbonyl (C=O) groups excluding carboxylic acids is 1. The standard InChI is InChI=1S/C15H31N3O/c1-13(2)6-5-7-17-8-10-18(11-9-17)12-15(19)16-14(3)4/h13-14H,5-12H2,1-4H3,(H,16,19). The van der Waals surface area contributed by atoms with E-state index < -0.39 is 0 Å². The molecule has 0 unspecified atom stereocenters. The fourth-order valence-electron chi connectivity index (χ4n) is 2.46. The van der Waals surface area contributed by atoms with Gasteiger partial charge in [-0.3, -0.25) is 9.69 Å². The van der Waals surface area contributed by atoms with Crippen LogP contribution < -0.4 is 5.32 Å². The molecule has 4 nitrogen and oxygen atoms in total. The molecule has 0 aromatic carbocycles. The van der Waals surface area contributed by atoms with E-state index in [1.807, 2.05) is 13.8 Å². The van der Waals surface area contributed by atoms with Gasteiger partial charge in [0, 0.05) is 32.2 Å². The van der Waals surface area contributed by atoms with Crippen molar-refractivity contribution in [2.24, 2.45) is 5.92 Å². The number of carbonyl (C=O) groups is 1. The minimum absolute atomic E-state index is 0.156. The Bertz CT molecular complexity index is 258. The SMILES string of the molecule is CC(C)CCCN1CCN(CC(=O)NC(C)C)CC1. The van der Waals surface area contributed by atoms with Gasteiger partial charge in [-0.2, -0.15) is 0 Å². The molecule has 1 N–H and O–H groups in total. The molecule has 112 valence electrons. The number of hydrogen-bond donors (Lipinski definition) is 1. The fourth-order valence-corrected chi connectivity index (χ4v) is 2.46. The van der Waals surface area contributed by atoms with Crippen LogP contribution in [0.3, 0.4) is 0 Å². The maximum Gasteiger partial charge on any atom is 0.234 e. The summed E-state index contributed by atoms with van der Waals surface area (Å²) >= 11 is 0. The van der Waals surface area contributed by atoms with Crippen LogP contribution in [0.2, 0.25) is 0 Å². The molecule has 0 saturated carbocycles. The summed E-state index contributed by atoms with van der Waals surface area (Å²) in [6, 6.07) is 0.241. The second-order valence-corrected chi connectivity index (χ2v) is 6.38. The highest BCUT2D eigenvalue weighted by molar-refractivity contribution is 5.78. The number of rotatable bonds is 7. The summed E-state index contributed by atoms with van der Waals surface area (Å²) in [5, 5.41) is 2.95. The van der Waals surface area contributed by atoms with Gasteiger partial charge < -0.3 is 10.2 Å². The highest BCUT2D eigenvalue weighted by atomic mass is 16.2. The van der Waals surface area contributed by atoms with Crippen molar-refractivity contribution in [2.45, 2.75) is 46.6 Å². The minimum atomic E-state index is 0.156. The van der Waals surface area contributed by atoms with Gasteiger partial charge in [-0.1, -0.05) is 13.8 Å². The second kappa shape index (κ2) is 8.54. The molecular formula is C15H31N3O. The maximum atomic E-state index is 11.7. The summed E-state index contributed by atoms with van der Waals surface area (Å²) in [7, 11) is 0. The van der Waals surface area contributed by atoms with Crippen LogP contribution in [0, 0.1) is 5.92 Å². The molecule has 1 amide bonds. The van der Waals surface area contributed by atoms with Crippen molar-refractivity contribution in [3.8, 4) is 0 Å². The van der Waals surface area contributed by atoms with Crippen LogP contribution in [0.4, 0.5) is 0 Å². The molecule has 19 heavy (non-hydrogen) atoms. The molecule has 0 aromatic rings. The summed E-state index contributed by atoms with van der Waals surface area (Å²) in [4.78, 5) is 16.5. The molecule has 4 heteroatoms. The van der Waals surface area contributed by atoms with Crippen molar-refractivity contribution < 1.29 is 4.79 Å². The Morgan fingerprint density at radius 3 is 2.16 bits per heavy atom. The average Bonchev–Trinajstić information content (AvgIpc) is 2.29. The molecule has 1 aliphatic rings. The zero-order chi connectivity index (χ0) is 14.3. The third-order valence-electron chi connectivity index (χ3n) is 3.54. The van der Waals surface area contributed by atoms with Crippen molar-refractivity contribution in [3.05, 3.63) is 0 Å². The highest BCUT2D eigenvalue weighted by Crippen LogP contribution is 2.07. The quantitative estimate of drug-likeness (QED) is 0.762. The van der Waals surface area contributed by atoms with Crippen molar-refractivity contribution in [3.63, 3.8) is 0 Å². The first kappa shape index (κ1) is 16.4. The summed E-state index contributed by atoms with van der Waals surface area (Å²) in [5.41, 5.74) is 0. The lowest BCUT2D eigenvalue weighted by Gasteiger charge is -2.34. The number of amides is 1. The fraction of sp³-hybridized carbons (Fsp3) is 0.933. The van der Waals surface area contributed by atoms with Crippen LogP contribution in [0.15, 0.2) is 0 Å². The second-order valence-electron chi connectivity index (χ2n) is 6.38. The van der Waals surface area contributed by atoms with Gasteiger partial charge in [-0.15, -0.1) is 0 Å². The Kier molecular flexibility index (Phi) is 7.39. The molecule has 0 atom stereocenters. The topological polar surface area (TPSA) is 35.6 Å². The van der Waals surface area contributed by atoms with Crippen LogP contribution in [0.1, 0.15) is 40.5 Å². The predicted octanol–water partition coefficient (Wildman–Crippen LogP) is 1.56. The zero-order valence-corrected chi connectivity index (χ0v) is 13.1. The molecule has 1 rings (SSSR count). The summed E-state index contributed by atoms with van der Waals surface area (Å²) < 4.78 is 0. The molecule has 0 radical (unpaired) electrons. The lowest BCUT2D eigenvalue weighted by atomic mass is 10.1. The van der Waals surface area contributed by atoms with E-state index in [0.717, 1.165) is 32.1 Å². The predicted molar refractivity (Wildman–Crippen MR) is 80.2 cm³/mol. The molecule has 1 fully saturated rings. The Balaban J connectivity index is 2.13. The normalized spacial score (nSPS) is 18.2. The number of nitrogens with one attached hydrogen (secondary N) is 1. The van der Waals surface area contributed by atoms with Crippen molar-refractivity contribution in [2.75, 3.05) is 39.3 Å². The van der Waals surface area contributed by atoms with Gasteiger partial charge in [0.1, 0.15) is 0 Å². The molecule has 0 bridgehead atoms. The van der Waals surface area contributed by atoms with Gasteiger partial charge in [0.25, 0.3) is 0 Å². The minimum Gasteiger partial charge on any atom is -0.353 e. The van der Waals surface area contributed by atoms with E-state index in [1.54, 1.807) is 0 Å². The third-order valence-corrected chi connectivity index (χ3v) is 3.54. The average molecular weight is 269 g/mol. The Morgan fingerprint density at radius 2 is 1.63 bits per heavy atom. The monoisotopic (exact) mass is 269 g/mol. The molecule has 1 saturated heterocycles. The van der Waals surface area contributed by atoms with Gasteiger partial charge in [0.15, 0.2) is 0 Å². The van der Waals surface area contributed by atoms with Crippen LogP contribution >= 0.6 is 0 Å². The lowest BCUT2D eigenvalue weighted by molar-refractivity contribution is -0.123. The smallest absolute Gasteiger partial charge is 0.234 e. The Labute approximate surface area is 118 Å². The number of hydrogen-bond acceptors (Lipinski definition) is 3. The van der Waals surface area contributed by atoms with Crippen LogP contribution in [-0.4, -0.2) is 61.0 Å². The van der Waals surface area contributed by atoms with Crippen molar-refractivity contribution >= 4 is 5.91 Å². The molecule has 0 spiro atoms. The van der Waals surface area contributed by atoms with Gasteiger partial charge in [0.2, 0.25) is 5.91 Å². The molecule has 1 heterocycles. The molecule has 0 aromatic heterocycles. The Morgan fingerprint density at radius 1 is 1.05 bits per heavy atom. The molecule has 1 aliphatic heterocycles. The van der Waals surface area contributed by atoms with E-state index in [4.69, 9.17) is 0 Å². The summed E-state index contributed by atoms with van der Waals surface area (Å²) in [6.07, 6.45) is 2.61. The van der Waals surface area contributed by atoms with E-state index in [9.17, 15) is 4.79 Å². The summed E-state index contributed by atoms with van der Waals surface area (Å²) in [6.45, 7) is 14.6. The molecule has 0 aliphatic carbocycles. The van der Waals surface area contributed by atoms with E-state index in [-0.39, 0.29) is 11.9 Å². The van der Waals surface area contributed by atoms with Crippen LogP contribution in [0.25, 0.3) is 0 Å². The van der Waals surface area contributed by atoms with Gasteiger partial charge in [0.05, 0.1) is 6.54 Å². The van der Waals surface area contributed by atoms with E-state index in [2.05, 4.69) is 29.0 Å². The zero-order valence-electron chi connectivity index (χ0n) is 13.1. The summed E-state index contributed by atoms with van der Waals surface area (Å²) in [5.74, 6) is 0.962. The maximum absolute atomic E-state index is 11.7. The van der Waals surface area contributed by atoms with E-state index >= 15 is 0 Å². The molecular weight excluding hydrogens is 238 g/mol. The first-order valence-corrected chi connectivity index (χ1v) is 7.71. The lowest BCUT2D eigenvalue weighted by Crippen LogP contribution is -2.50.